The van der Waals surface area contributed by atoms with Crippen LogP contribution < -0.4 is 10.1 Å². The lowest BCUT2D eigenvalue weighted by Gasteiger charge is -2.26. The maximum atomic E-state index is 13.2. The molecule has 0 aliphatic carbocycles. The van der Waals surface area contributed by atoms with Crippen molar-refractivity contribution in [1.29, 1.82) is 0 Å². The molecule has 10 heteroatoms. The lowest BCUT2D eigenvalue weighted by Crippen LogP contribution is -2.41. The van der Waals surface area contributed by atoms with Crippen LogP contribution in [0.5, 0.6) is 11.5 Å². The molecule has 202 valence electrons. The van der Waals surface area contributed by atoms with E-state index < -0.39 is 4.92 Å². The quantitative estimate of drug-likeness (QED) is 0.200. The van der Waals surface area contributed by atoms with Crippen molar-refractivity contribution in [3.05, 3.63) is 99.2 Å². The fourth-order valence-electron chi connectivity index (χ4n) is 4.81. The second kappa shape index (κ2) is 12.3. The van der Waals surface area contributed by atoms with Crippen LogP contribution in [0.1, 0.15) is 23.5 Å². The molecule has 0 saturated carbocycles. The summed E-state index contributed by atoms with van der Waals surface area (Å²) < 4.78 is 11.4. The number of aromatic nitrogens is 1. The molecule has 39 heavy (non-hydrogen) atoms. The highest BCUT2D eigenvalue weighted by Gasteiger charge is 2.23. The third-order valence-corrected chi connectivity index (χ3v) is 7.09. The van der Waals surface area contributed by atoms with Gasteiger partial charge in [0.05, 0.1) is 18.1 Å². The van der Waals surface area contributed by atoms with E-state index in [0.29, 0.717) is 41.7 Å². The van der Waals surface area contributed by atoms with Crippen molar-refractivity contribution >= 4 is 34.1 Å². The highest BCUT2D eigenvalue weighted by atomic mass is 35.5. The van der Waals surface area contributed by atoms with Gasteiger partial charge >= 0.3 is 0 Å². The van der Waals surface area contributed by atoms with E-state index in [0.717, 1.165) is 36.3 Å². The number of nitro benzene ring substituents is 1. The van der Waals surface area contributed by atoms with Gasteiger partial charge in [-0.05, 0) is 53.6 Å². The Bertz CT molecular complexity index is 1450. The Labute approximate surface area is 230 Å². The topological polar surface area (TPSA) is 110 Å². The molecule has 1 aliphatic heterocycles. The van der Waals surface area contributed by atoms with Crippen molar-refractivity contribution in [2.75, 3.05) is 39.4 Å². The van der Waals surface area contributed by atoms with Gasteiger partial charge in [0, 0.05) is 72.8 Å². The Morgan fingerprint density at radius 1 is 1.10 bits per heavy atom. The normalized spacial score (nSPS) is 14.7. The van der Waals surface area contributed by atoms with Gasteiger partial charge in [-0.15, -0.1) is 0 Å². The van der Waals surface area contributed by atoms with Crippen molar-refractivity contribution in [2.24, 2.45) is 0 Å². The van der Waals surface area contributed by atoms with E-state index in [4.69, 9.17) is 21.1 Å². The summed E-state index contributed by atoms with van der Waals surface area (Å²) >= 11 is 6.00. The number of nitrogens with zero attached hydrogens (tertiary/aromatic N) is 2. The second-order valence-corrected chi connectivity index (χ2v) is 9.86. The first kappa shape index (κ1) is 26.7. The summed E-state index contributed by atoms with van der Waals surface area (Å²) in [5.41, 5.74) is 2.43. The van der Waals surface area contributed by atoms with Gasteiger partial charge in [-0.1, -0.05) is 23.7 Å². The number of hydrogen-bond acceptors (Lipinski definition) is 6. The summed E-state index contributed by atoms with van der Waals surface area (Å²) in [4.78, 5) is 29.7. The molecule has 5 rings (SSSR count). The Hall–Kier alpha value is -3.92. The zero-order valence-electron chi connectivity index (χ0n) is 21.3. The van der Waals surface area contributed by atoms with Crippen LogP contribution in [-0.4, -0.2) is 60.1 Å². The molecule has 9 nitrogen and oxygen atoms in total. The van der Waals surface area contributed by atoms with Crippen molar-refractivity contribution in [3.8, 4) is 11.5 Å². The van der Waals surface area contributed by atoms with Gasteiger partial charge in [0.2, 0.25) is 5.91 Å². The number of nitro groups is 1. The molecule has 1 saturated heterocycles. The van der Waals surface area contributed by atoms with Gasteiger partial charge in [-0.2, -0.15) is 0 Å². The van der Waals surface area contributed by atoms with Crippen LogP contribution in [0.25, 0.3) is 10.9 Å². The highest BCUT2D eigenvalue weighted by Crippen LogP contribution is 2.36. The molecule has 1 aliphatic rings. The van der Waals surface area contributed by atoms with E-state index in [9.17, 15) is 14.9 Å². The molecule has 1 amide bonds. The van der Waals surface area contributed by atoms with E-state index in [1.165, 1.54) is 6.07 Å². The van der Waals surface area contributed by atoms with E-state index in [-0.39, 0.29) is 23.9 Å². The standard InChI is InChI=1S/C29H29ClN4O5/c30-21-4-7-23(8-5-21)39-24-3-1-2-20(16-24)25(18-29(35)31-10-11-33-12-14-38-15-13-33)27-19-32-28-9-6-22(34(36)37)17-26(27)28/h1-9,16-17,19,25,32H,10-15,18H2,(H,31,35)/t25-/m1/s1. The van der Waals surface area contributed by atoms with Crippen molar-refractivity contribution in [2.45, 2.75) is 12.3 Å². The predicted molar refractivity (Wildman–Crippen MR) is 150 cm³/mol. The number of ether oxygens (including phenoxy) is 2. The Morgan fingerprint density at radius 3 is 2.67 bits per heavy atom. The van der Waals surface area contributed by atoms with Gasteiger partial charge in [-0.25, -0.2) is 0 Å². The average molecular weight is 549 g/mol. The predicted octanol–water partition coefficient (Wildman–Crippen LogP) is 5.49. The van der Waals surface area contributed by atoms with Crippen LogP contribution in [-0.2, 0) is 9.53 Å². The van der Waals surface area contributed by atoms with E-state index in [1.54, 1.807) is 36.4 Å². The summed E-state index contributed by atoms with van der Waals surface area (Å²) in [5.74, 6) is 0.782. The molecular weight excluding hydrogens is 520 g/mol. The molecule has 2 heterocycles. The molecule has 0 spiro atoms. The SMILES string of the molecule is O=C(C[C@H](c1cccc(Oc2ccc(Cl)cc2)c1)c1c[nH]c2ccc([N+](=O)[O-])cc12)NCCN1CCOCC1. The molecule has 0 unspecified atom stereocenters. The summed E-state index contributed by atoms with van der Waals surface area (Å²) in [5, 5.41) is 15.8. The number of aromatic amines is 1. The van der Waals surface area contributed by atoms with Gasteiger partial charge in [0.25, 0.3) is 5.69 Å². The van der Waals surface area contributed by atoms with E-state index in [2.05, 4.69) is 15.2 Å². The van der Waals surface area contributed by atoms with Crippen molar-refractivity contribution in [1.82, 2.24) is 15.2 Å². The fraction of sp³-hybridized carbons (Fsp3) is 0.276. The van der Waals surface area contributed by atoms with Gasteiger partial charge in [0.1, 0.15) is 11.5 Å². The lowest BCUT2D eigenvalue weighted by molar-refractivity contribution is -0.384. The third kappa shape index (κ3) is 6.75. The monoisotopic (exact) mass is 548 g/mol. The largest absolute Gasteiger partial charge is 0.457 e. The minimum Gasteiger partial charge on any atom is -0.457 e. The van der Waals surface area contributed by atoms with Crippen LogP contribution in [0.4, 0.5) is 5.69 Å². The number of non-ortho nitro benzene ring substituents is 1. The van der Waals surface area contributed by atoms with Crippen LogP contribution >= 0.6 is 11.6 Å². The number of rotatable bonds is 10. The molecule has 0 bridgehead atoms. The van der Waals surface area contributed by atoms with E-state index in [1.807, 2.05) is 30.5 Å². The van der Waals surface area contributed by atoms with Gasteiger partial charge in [0.15, 0.2) is 0 Å². The molecule has 2 N–H and O–H groups in total. The maximum absolute atomic E-state index is 13.2. The number of benzene rings is 3. The minimum atomic E-state index is -0.413. The number of fused-ring (bicyclic) bond motifs is 1. The maximum Gasteiger partial charge on any atom is 0.270 e. The van der Waals surface area contributed by atoms with Crippen LogP contribution in [0.3, 0.4) is 0 Å². The number of carbonyl (C=O) groups is 1. The molecule has 1 aromatic heterocycles. The zero-order valence-corrected chi connectivity index (χ0v) is 22.0. The number of H-pyrrole nitrogens is 1. The molecule has 0 radical (unpaired) electrons. The van der Waals surface area contributed by atoms with Crippen LogP contribution in [0.15, 0.2) is 72.9 Å². The molecule has 1 atom stereocenters. The number of morpholine rings is 1. The molecule has 1 fully saturated rings. The van der Waals surface area contributed by atoms with Gasteiger partial charge in [-0.3, -0.25) is 19.8 Å². The average Bonchev–Trinajstić information content (AvgIpc) is 3.37. The summed E-state index contributed by atoms with van der Waals surface area (Å²) in [6, 6.07) is 19.4. The van der Waals surface area contributed by atoms with Crippen molar-refractivity contribution < 1.29 is 19.2 Å². The first-order valence-corrected chi connectivity index (χ1v) is 13.2. The number of nitrogens with one attached hydrogen (secondary N) is 2. The first-order chi connectivity index (χ1) is 19.0. The van der Waals surface area contributed by atoms with E-state index >= 15 is 0 Å². The summed E-state index contributed by atoms with van der Waals surface area (Å²) in [6.07, 6.45) is 2.00. The Balaban J connectivity index is 1.41. The number of amides is 1. The van der Waals surface area contributed by atoms with Crippen LogP contribution in [0.2, 0.25) is 5.02 Å². The third-order valence-electron chi connectivity index (χ3n) is 6.84. The zero-order chi connectivity index (χ0) is 27.2. The smallest absolute Gasteiger partial charge is 0.270 e. The first-order valence-electron chi connectivity index (χ1n) is 12.8. The van der Waals surface area contributed by atoms with Crippen LogP contribution in [0, 0.1) is 10.1 Å². The van der Waals surface area contributed by atoms with Gasteiger partial charge < -0.3 is 19.8 Å². The lowest BCUT2D eigenvalue weighted by atomic mass is 9.87. The van der Waals surface area contributed by atoms with Crippen molar-refractivity contribution in [3.63, 3.8) is 0 Å². The summed E-state index contributed by atoms with van der Waals surface area (Å²) in [6.45, 7) is 4.41. The summed E-state index contributed by atoms with van der Waals surface area (Å²) in [7, 11) is 0. The number of hydrogen-bond donors (Lipinski definition) is 2. The number of carbonyl (C=O) groups excluding carboxylic acids is 1. The Morgan fingerprint density at radius 2 is 1.90 bits per heavy atom. The fourth-order valence-corrected chi connectivity index (χ4v) is 4.93. The molecule has 4 aromatic rings. The number of halogens is 1. The molecular formula is C29H29ClN4O5. The Kier molecular flexibility index (Phi) is 8.41. The second-order valence-electron chi connectivity index (χ2n) is 9.42. The highest BCUT2D eigenvalue weighted by molar-refractivity contribution is 6.30. The molecule has 3 aromatic carbocycles. The minimum absolute atomic E-state index is 0.00288.